The molecule has 2 aliphatic rings. The van der Waals surface area contributed by atoms with Crippen molar-refractivity contribution in [1.29, 1.82) is 5.26 Å². The molecule has 1 saturated heterocycles. The number of carbonyl (C=O) groups is 1. The standard InChI is InChI=1S/C20H27FN4O2/c1-27-18-5-4-17(21)12-16(18)13-24-8-10-25(11-9-24)14-19(26)23-20(15-22)6-2-3-7-20/h4-5,12H,2-3,6-11,13-14H2,1H3,(H,23,26). The Labute approximate surface area is 159 Å². The maximum atomic E-state index is 13.5. The van der Waals surface area contributed by atoms with Gasteiger partial charge in [-0.3, -0.25) is 14.6 Å². The fraction of sp³-hybridized carbons (Fsp3) is 0.600. The summed E-state index contributed by atoms with van der Waals surface area (Å²) in [5, 5.41) is 12.3. The van der Waals surface area contributed by atoms with Crippen LogP contribution in [0.15, 0.2) is 18.2 Å². The normalized spacial score (nSPS) is 20.2. The maximum absolute atomic E-state index is 13.5. The lowest BCUT2D eigenvalue weighted by molar-refractivity contribution is -0.124. The number of hydrogen-bond donors (Lipinski definition) is 1. The number of nitriles is 1. The molecule has 2 fully saturated rings. The summed E-state index contributed by atoms with van der Waals surface area (Å²) in [5.41, 5.74) is 0.174. The van der Waals surface area contributed by atoms with Crippen LogP contribution in [-0.4, -0.2) is 61.1 Å². The Balaban J connectivity index is 1.47. The van der Waals surface area contributed by atoms with E-state index in [1.807, 2.05) is 0 Å². The molecule has 1 aliphatic carbocycles. The molecule has 1 N–H and O–H groups in total. The Morgan fingerprint density at radius 1 is 1.26 bits per heavy atom. The number of nitrogens with zero attached hydrogens (tertiary/aromatic N) is 3. The molecule has 1 heterocycles. The van der Waals surface area contributed by atoms with Crippen molar-refractivity contribution in [3.63, 3.8) is 0 Å². The number of hydrogen-bond acceptors (Lipinski definition) is 5. The smallest absolute Gasteiger partial charge is 0.235 e. The van der Waals surface area contributed by atoms with Crippen molar-refractivity contribution in [2.75, 3.05) is 39.8 Å². The molecular formula is C20H27FN4O2. The average Bonchev–Trinajstić information content (AvgIpc) is 3.12. The van der Waals surface area contributed by atoms with Crippen LogP contribution in [0.4, 0.5) is 4.39 Å². The van der Waals surface area contributed by atoms with E-state index in [0.717, 1.165) is 57.4 Å². The quantitative estimate of drug-likeness (QED) is 0.824. The zero-order valence-corrected chi connectivity index (χ0v) is 15.8. The van der Waals surface area contributed by atoms with E-state index in [1.54, 1.807) is 13.2 Å². The van der Waals surface area contributed by atoms with Crippen LogP contribution in [0.1, 0.15) is 31.2 Å². The maximum Gasteiger partial charge on any atom is 0.235 e. The monoisotopic (exact) mass is 374 g/mol. The Morgan fingerprint density at radius 3 is 2.56 bits per heavy atom. The highest BCUT2D eigenvalue weighted by molar-refractivity contribution is 5.79. The minimum Gasteiger partial charge on any atom is -0.496 e. The van der Waals surface area contributed by atoms with Crippen molar-refractivity contribution < 1.29 is 13.9 Å². The molecular weight excluding hydrogens is 347 g/mol. The van der Waals surface area contributed by atoms with Gasteiger partial charge in [-0.25, -0.2) is 4.39 Å². The Bertz CT molecular complexity index is 704. The van der Waals surface area contributed by atoms with Gasteiger partial charge in [0.15, 0.2) is 0 Å². The van der Waals surface area contributed by atoms with Crippen molar-refractivity contribution in [3.8, 4) is 11.8 Å². The van der Waals surface area contributed by atoms with Gasteiger partial charge >= 0.3 is 0 Å². The highest BCUT2D eigenvalue weighted by Crippen LogP contribution is 2.28. The number of carbonyl (C=O) groups excluding carboxylic acids is 1. The minimum atomic E-state index is -0.660. The van der Waals surface area contributed by atoms with E-state index in [-0.39, 0.29) is 11.7 Å². The number of halogens is 1. The van der Waals surface area contributed by atoms with E-state index in [0.29, 0.717) is 18.8 Å². The van der Waals surface area contributed by atoms with Crippen LogP contribution in [0.5, 0.6) is 5.75 Å². The molecule has 3 rings (SSSR count). The molecule has 0 atom stereocenters. The third kappa shape index (κ3) is 4.96. The van der Waals surface area contributed by atoms with E-state index in [4.69, 9.17) is 4.74 Å². The molecule has 0 spiro atoms. The van der Waals surface area contributed by atoms with Gasteiger partial charge in [-0.2, -0.15) is 5.26 Å². The molecule has 1 aromatic rings. The van der Waals surface area contributed by atoms with E-state index in [1.165, 1.54) is 12.1 Å². The molecule has 1 saturated carbocycles. The molecule has 0 bridgehead atoms. The summed E-state index contributed by atoms with van der Waals surface area (Å²) in [7, 11) is 1.59. The fourth-order valence-corrected chi connectivity index (χ4v) is 3.97. The van der Waals surface area contributed by atoms with Gasteiger partial charge in [-0.15, -0.1) is 0 Å². The summed E-state index contributed by atoms with van der Waals surface area (Å²) >= 11 is 0. The topological polar surface area (TPSA) is 68.6 Å². The van der Waals surface area contributed by atoms with Crippen molar-refractivity contribution in [3.05, 3.63) is 29.6 Å². The first-order valence-corrected chi connectivity index (χ1v) is 9.53. The number of ether oxygens (including phenoxy) is 1. The van der Waals surface area contributed by atoms with Crippen molar-refractivity contribution >= 4 is 5.91 Å². The molecule has 0 unspecified atom stereocenters. The lowest BCUT2D eigenvalue weighted by Crippen LogP contribution is -2.52. The molecule has 146 valence electrons. The molecule has 7 heteroatoms. The molecule has 6 nitrogen and oxygen atoms in total. The van der Waals surface area contributed by atoms with Crippen molar-refractivity contribution in [2.24, 2.45) is 0 Å². The van der Waals surface area contributed by atoms with Gasteiger partial charge in [0.25, 0.3) is 0 Å². The third-order valence-corrected chi connectivity index (χ3v) is 5.52. The number of nitrogens with one attached hydrogen (secondary N) is 1. The Morgan fingerprint density at radius 2 is 1.93 bits per heavy atom. The number of rotatable bonds is 6. The molecule has 1 aromatic carbocycles. The van der Waals surface area contributed by atoms with Gasteiger partial charge in [-0.05, 0) is 43.9 Å². The SMILES string of the molecule is COc1ccc(F)cc1CN1CCN(CC(=O)NC2(C#N)CCCC2)CC1. The van der Waals surface area contributed by atoms with Gasteiger partial charge in [0, 0.05) is 38.3 Å². The lowest BCUT2D eigenvalue weighted by atomic mass is 10.00. The second kappa shape index (κ2) is 8.68. The molecule has 1 amide bonds. The van der Waals surface area contributed by atoms with Crippen molar-refractivity contribution in [1.82, 2.24) is 15.1 Å². The van der Waals surface area contributed by atoms with Crippen LogP contribution in [0.25, 0.3) is 0 Å². The number of methoxy groups -OCH3 is 1. The van der Waals surface area contributed by atoms with Crippen molar-refractivity contribution in [2.45, 2.75) is 37.8 Å². The first kappa shape index (κ1) is 19.6. The number of amides is 1. The van der Waals surface area contributed by atoms with E-state index in [2.05, 4.69) is 21.2 Å². The van der Waals surface area contributed by atoms with Crippen LogP contribution in [0.2, 0.25) is 0 Å². The van der Waals surface area contributed by atoms with Gasteiger partial charge in [0.1, 0.15) is 17.1 Å². The van der Waals surface area contributed by atoms with Gasteiger partial charge in [0.2, 0.25) is 5.91 Å². The minimum absolute atomic E-state index is 0.0706. The predicted molar refractivity (Wildman–Crippen MR) is 99.6 cm³/mol. The van der Waals surface area contributed by atoms with E-state index in [9.17, 15) is 14.4 Å². The summed E-state index contributed by atoms with van der Waals surface area (Å²) in [5.74, 6) is 0.356. The van der Waals surface area contributed by atoms with Gasteiger partial charge in [-0.1, -0.05) is 0 Å². The van der Waals surface area contributed by atoms with Crippen LogP contribution in [0.3, 0.4) is 0 Å². The predicted octanol–water partition coefficient (Wildman–Crippen LogP) is 1.90. The van der Waals surface area contributed by atoms with E-state index < -0.39 is 5.54 Å². The first-order valence-electron chi connectivity index (χ1n) is 9.53. The molecule has 0 aromatic heterocycles. The van der Waals surface area contributed by atoms with Crippen LogP contribution < -0.4 is 10.1 Å². The van der Waals surface area contributed by atoms with Crippen LogP contribution in [-0.2, 0) is 11.3 Å². The molecule has 1 aliphatic heterocycles. The summed E-state index contributed by atoms with van der Waals surface area (Å²) in [6, 6.07) is 6.86. The fourth-order valence-electron chi connectivity index (χ4n) is 3.97. The van der Waals surface area contributed by atoms with E-state index >= 15 is 0 Å². The summed E-state index contributed by atoms with van der Waals surface area (Å²) in [4.78, 5) is 16.7. The summed E-state index contributed by atoms with van der Waals surface area (Å²) in [6.45, 7) is 4.08. The summed E-state index contributed by atoms with van der Waals surface area (Å²) in [6.07, 6.45) is 3.49. The van der Waals surface area contributed by atoms with Gasteiger partial charge < -0.3 is 10.1 Å². The van der Waals surface area contributed by atoms with Gasteiger partial charge in [0.05, 0.1) is 19.7 Å². The number of piperazine rings is 1. The second-order valence-electron chi connectivity index (χ2n) is 7.46. The van der Waals surface area contributed by atoms with Crippen LogP contribution >= 0.6 is 0 Å². The lowest BCUT2D eigenvalue weighted by Gasteiger charge is -2.35. The largest absolute Gasteiger partial charge is 0.496 e. The Hall–Kier alpha value is -2.17. The average molecular weight is 374 g/mol. The summed E-state index contributed by atoms with van der Waals surface area (Å²) < 4.78 is 18.8. The first-order chi connectivity index (χ1) is 13.0. The highest BCUT2D eigenvalue weighted by Gasteiger charge is 2.35. The zero-order valence-electron chi connectivity index (χ0n) is 15.8. The highest BCUT2D eigenvalue weighted by atomic mass is 19.1. The second-order valence-corrected chi connectivity index (χ2v) is 7.46. The van der Waals surface area contributed by atoms with Crippen LogP contribution in [0, 0.1) is 17.1 Å². The third-order valence-electron chi connectivity index (χ3n) is 5.52. The zero-order chi connectivity index (χ0) is 19.3. The Kier molecular flexibility index (Phi) is 6.30. The molecule has 27 heavy (non-hydrogen) atoms. The number of benzene rings is 1. The molecule has 0 radical (unpaired) electrons.